The molecule has 2 rings (SSSR count). The van der Waals surface area contributed by atoms with Gasteiger partial charge < -0.3 is 4.90 Å². The van der Waals surface area contributed by atoms with E-state index in [0.29, 0.717) is 0 Å². The molecule has 0 aromatic rings. The molecule has 2 heterocycles. The summed E-state index contributed by atoms with van der Waals surface area (Å²) >= 11 is 0. The summed E-state index contributed by atoms with van der Waals surface area (Å²) in [4.78, 5) is 2.74. The Hall–Kier alpha value is -0.0400. The van der Waals surface area contributed by atoms with Gasteiger partial charge in [0.15, 0.2) is 0 Å². The van der Waals surface area contributed by atoms with Gasteiger partial charge in [-0.05, 0) is 51.1 Å². The number of piperidine rings is 1. The van der Waals surface area contributed by atoms with Crippen molar-refractivity contribution >= 4 is 0 Å². The van der Waals surface area contributed by atoms with Crippen molar-refractivity contribution in [2.75, 3.05) is 13.1 Å². The number of hydrogen-bond acceptors (Lipinski definition) is 1. The molecule has 0 radical (unpaired) electrons. The molecule has 0 aromatic heterocycles. The monoisotopic (exact) mass is 167 g/mol. The first-order chi connectivity index (χ1) is 5.86. The zero-order valence-corrected chi connectivity index (χ0v) is 8.26. The predicted molar refractivity (Wildman–Crippen MR) is 52.2 cm³/mol. The Morgan fingerprint density at radius 1 is 0.917 bits per heavy atom. The third-order valence-electron chi connectivity index (χ3n) is 3.65. The molecule has 1 nitrogen and oxygen atoms in total. The molecule has 2 saturated heterocycles. The van der Waals surface area contributed by atoms with Crippen LogP contribution in [0.25, 0.3) is 0 Å². The summed E-state index contributed by atoms with van der Waals surface area (Å²) in [7, 11) is 0. The summed E-state index contributed by atoms with van der Waals surface area (Å²) in [6.07, 6.45) is 8.80. The molecule has 0 saturated carbocycles. The Balaban J connectivity index is 1.94. The maximum absolute atomic E-state index is 2.74. The van der Waals surface area contributed by atoms with Gasteiger partial charge in [0.05, 0.1) is 0 Å². The number of rotatable bonds is 0. The first-order valence-corrected chi connectivity index (χ1v) is 5.60. The lowest BCUT2D eigenvalue weighted by molar-refractivity contribution is 0.151. The van der Waals surface area contributed by atoms with Crippen molar-refractivity contribution in [1.29, 1.82) is 0 Å². The van der Waals surface area contributed by atoms with E-state index in [1.807, 2.05) is 0 Å². The van der Waals surface area contributed by atoms with E-state index in [1.54, 1.807) is 0 Å². The highest BCUT2D eigenvalue weighted by atomic mass is 15.2. The zero-order valence-electron chi connectivity index (χ0n) is 8.26. The van der Waals surface area contributed by atoms with Crippen LogP contribution in [0.5, 0.6) is 0 Å². The van der Waals surface area contributed by atoms with Crippen molar-refractivity contribution in [3.05, 3.63) is 0 Å². The van der Waals surface area contributed by atoms with Crippen LogP contribution in [0.2, 0.25) is 0 Å². The number of nitrogens with zero attached hydrogens (tertiary/aromatic N) is 1. The van der Waals surface area contributed by atoms with Crippen LogP contribution in [0, 0.1) is 5.92 Å². The molecule has 1 heteroatoms. The Labute approximate surface area is 76.1 Å². The Morgan fingerprint density at radius 2 is 1.83 bits per heavy atom. The van der Waals surface area contributed by atoms with Gasteiger partial charge in [-0.2, -0.15) is 0 Å². The fourth-order valence-corrected chi connectivity index (χ4v) is 2.69. The molecular formula is C11H21N. The molecule has 0 amide bonds. The van der Waals surface area contributed by atoms with Gasteiger partial charge in [0, 0.05) is 6.04 Å². The molecule has 0 aliphatic carbocycles. The van der Waals surface area contributed by atoms with Crippen molar-refractivity contribution in [1.82, 2.24) is 4.90 Å². The van der Waals surface area contributed by atoms with Gasteiger partial charge >= 0.3 is 0 Å². The number of hydrogen-bond donors (Lipinski definition) is 0. The van der Waals surface area contributed by atoms with E-state index in [4.69, 9.17) is 0 Å². The van der Waals surface area contributed by atoms with Crippen molar-refractivity contribution in [3.63, 3.8) is 0 Å². The standard InChI is InChI=1S/C11H21N/c1-10-5-6-11-4-2-3-8-12(11)9-7-10/h10-11H,2-9H2,1H3. The van der Waals surface area contributed by atoms with Gasteiger partial charge in [0.1, 0.15) is 0 Å². The summed E-state index contributed by atoms with van der Waals surface area (Å²) in [5.74, 6) is 0.982. The molecule has 12 heavy (non-hydrogen) atoms. The minimum atomic E-state index is 0.962. The molecule has 70 valence electrons. The first kappa shape index (κ1) is 8.55. The normalized spacial score (nSPS) is 38.8. The van der Waals surface area contributed by atoms with E-state index in [-0.39, 0.29) is 0 Å². The average molecular weight is 167 g/mol. The van der Waals surface area contributed by atoms with Crippen LogP contribution in [0.4, 0.5) is 0 Å². The van der Waals surface area contributed by atoms with Gasteiger partial charge in [-0.1, -0.05) is 13.3 Å². The topological polar surface area (TPSA) is 3.24 Å². The Morgan fingerprint density at radius 3 is 2.75 bits per heavy atom. The second-order valence-electron chi connectivity index (χ2n) is 4.66. The van der Waals surface area contributed by atoms with Gasteiger partial charge in [-0.15, -0.1) is 0 Å². The van der Waals surface area contributed by atoms with E-state index >= 15 is 0 Å². The van der Waals surface area contributed by atoms with Crippen LogP contribution in [0.3, 0.4) is 0 Å². The molecule has 2 fully saturated rings. The van der Waals surface area contributed by atoms with E-state index < -0.39 is 0 Å². The lowest BCUT2D eigenvalue weighted by Gasteiger charge is -2.33. The molecule has 2 aliphatic rings. The molecule has 2 unspecified atom stereocenters. The smallest absolute Gasteiger partial charge is 0.00953 e. The molecule has 0 bridgehead atoms. The van der Waals surface area contributed by atoms with Crippen LogP contribution in [-0.4, -0.2) is 24.0 Å². The second kappa shape index (κ2) is 3.78. The van der Waals surface area contributed by atoms with Gasteiger partial charge in [-0.3, -0.25) is 0 Å². The molecule has 2 atom stereocenters. The van der Waals surface area contributed by atoms with Crippen LogP contribution in [0.15, 0.2) is 0 Å². The van der Waals surface area contributed by atoms with Gasteiger partial charge in [0.2, 0.25) is 0 Å². The van der Waals surface area contributed by atoms with Crippen molar-refractivity contribution < 1.29 is 0 Å². The first-order valence-electron chi connectivity index (χ1n) is 5.60. The summed E-state index contributed by atoms with van der Waals surface area (Å²) in [6.45, 7) is 5.18. The molecule has 2 aliphatic heterocycles. The van der Waals surface area contributed by atoms with Crippen LogP contribution in [0.1, 0.15) is 45.4 Å². The largest absolute Gasteiger partial charge is 0.300 e. The third kappa shape index (κ3) is 1.82. The SMILES string of the molecule is CC1CCC2CCCCN2CC1. The molecule has 0 spiro atoms. The lowest BCUT2D eigenvalue weighted by atomic mass is 9.97. The van der Waals surface area contributed by atoms with Gasteiger partial charge in [-0.25, -0.2) is 0 Å². The van der Waals surface area contributed by atoms with E-state index in [9.17, 15) is 0 Å². The summed E-state index contributed by atoms with van der Waals surface area (Å²) in [6, 6.07) is 0.962. The summed E-state index contributed by atoms with van der Waals surface area (Å²) in [5, 5.41) is 0. The molecule has 0 N–H and O–H groups in total. The molecular weight excluding hydrogens is 146 g/mol. The summed E-state index contributed by atoms with van der Waals surface area (Å²) in [5.41, 5.74) is 0. The maximum Gasteiger partial charge on any atom is 0.00953 e. The van der Waals surface area contributed by atoms with E-state index in [2.05, 4.69) is 11.8 Å². The lowest BCUT2D eigenvalue weighted by Crippen LogP contribution is -2.38. The van der Waals surface area contributed by atoms with Crippen LogP contribution >= 0.6 is 0 Å². The maximum atomic E-state index is 2.74. The van der Waals surface area contributed by atoms with E-state index in [1.165, 1.54) is 51.6 Å². The van der Waals surface area contributed by atoms with Crippen molar-refractivity contribution in [3.8, 4) is 0 Å². The fourth-order valence-electron chi connectivity index (χ4n) is 2.69. The fraction of sp³-hybridized carbons (Fsp3) is 1.00. The second-order valence-corrected chi connectivity index (χ2v) is 4.66. The van der Waals surface area contributed by atoms with E-state index in [0.717, 1.165) is 12.0 Å². The Bertz CT molecular complexity index is 128. The quantitative estimate of drug-likeness (QED) is 0.536. The zero-order chi connectivity index (χ0) is 8.39. The summed E-state index contributed by atoms with van der Waals surface area (Å²) < 4.78 is 0. The Kier molecular flexibility index (Phi) is 2.69. The third-order valence-corrected chi connectivity index (χ3v) is 3.65. The molecule has 0 aromatic carbocycles. The highest BCUT2D eigenvalue weighted by Gasteiger charge is 2.25. The van der Waals surface area contributed by atoms with Crippen LogP contribution < -0.4 is 0 Å². The van der Waals surface area contributed by atoms with Crippen molar-refractivity contribution in [2.45, 2.75) is 51.5 Å². The minimum Gasteiger partial charge on any atom is -0.300 e. The predicted octanol–water partition coefficient (Wildman–Crippen LogP) is 2.66. The minimum absolute atomic E-state index is 0.962. The highest BCUT2D eigenvalue weighted by Crippen LogP contribution is 2.27. The average Bonchev–Trinajstić information content (AvgIpc) is 2.29. The van der Waals surface area contributed by atoms with Crippen molar-refractivity contribution in [2.24, 2.45) is 5.92 Å². The van der Waals surface area contributed by atoms with Gasteiger partial charge in [0.25, 0.3) is 0 Å². The van der Waals surface area contributed by atoms with Crippen LogP contribution in [-0.2, 0) is 0 Å². The number of fused-ring (bicyclic) bond motifs is 1. The highest BCUT2D eigenvalue weighted by molar-refractivity contribution is 4.80.